The van der Waals surface area contributed by atoms with Crippen molar-refractivity contribution in [3.05, 3.63) is 5.28 Å². The maximum Gasteiger partial charge on any atom is 0.322 e. The summed E-state index contributed by atoms with van der Waals surface area (Å²) in [5.74, 6) is 0.483. The molecule has 0 aromatic carbocycles. The Hall–Kier alpha value is -1.10. The van der Waals surface area contributed by atoms with Crippen LogP contribution in [0.5, 0.6) is 6.01 Å². The number of nitrogens with zero attached hydrogens (tertiary/aromatic N) is 3. The van der Waals surface area contributed by atoms with Crippen LogP contribution >= 0.6 is 11.6 Å². The number of hydrogen-bond donors (Lipinski definition) is 1. The lowest BCUT2D eigenvalue weighted by atomic mass is 10.1. The molecule has 1 aromatic heterocycles. The van der Waals surface area contributed by atoms with Crippen LogP contribution in [-0.4, -0.2) is 28.1 Å². The number of rotatable bonds is 10. The molecule has 0 spiro atoms. The van der Waals surface area contributed by atoms with Gasteiger partial charge in [-0.3, -0.25) is 0 Å². The molecule has 0 aliphatic rings. The maximum absolute atomic E-state index is 5.80. The summed E-state index contributed by atoms with van der Waals surface area (Å²) in [6.45, 7) is 5.46. The Balaban J connectivity index is 2.25. The summed E-state index contributed by atoms with van der Waals surface area (Å²) in [6, 6.07) is 0.271. The first kappa shape index (κ1) is 16.0. The van der Waals surface area contributed by atoms with Gasteiger partial charge in [-0.25, -0.2) is 0 Å². The normalized spacial score (nSPS) is 10.5. The molecule has 0 radical (unpaired) electrons. The van der Waals surface area contributed by atoms with Gasteiger partial charge in [0.25, 0.3) is 0 Å². The molecule has 6 heteroatoms. The Kier molecular flexibility index (Phi) is 8.21. The molecule has 0 saturated heterocycles. The molecule has 5 nitrogen and oxygen atoms in total. The first-order valence-corrected chi connectivity index (χ1v) is 7.42. The smallest absolute Gasteiger partial charge is 0.322 e. The van der Waals surface area contributed by atoms with Crippen molar-refractivity contribution in [3.63, 3.8) is 0 Å². The zero-order chi connectivity index (χ0) is 13.9. The van der Waals surface area contributed by atoms with Crippen molar-refractivity contribution in [2.75, 3.05) is 18.5 Å². The maximum atomic E-state index is 5.80. The second-order valence-electron chi connectivity index (χ2n) is 4.34. The van der Waals surface area contributed by atoms with Crippen LogP contribution in [-0.2, 0) is 0 Å². The molecule has 0 bridgehead atoms. The number of ether oxygens (including phenoxy) is 1. The highest BCUT2D eigenvalue weighted by atomic mass is 35.5. The third-order valence-corrected chi connectivity index (χ3v) is 2.84. The van der Waals surface area contributed by atoms with Gasteiger partial charge in [0, 0.05) is 6.54 Å². The monoisotopic (exact) mass is 286 g/mol. The molecule has 1 N–H and O–H groups in total. The Morgan fingerprint density at radius 2 is 1.74 bits per heavy atom. The van der Waals surface area contributed by atoms with Crippen molar-refractivity contribution in [1.82, 2.24) is 15.0 Å². The fourth-order valence-electron chi connectivity index (χ4n) is 1.71. The number of halogens is 1. The Morgan fingerprint density at radius 1 is 1.00 bits per heavy atom. The van der Waals surface area contributed by atoms with Gasteiger partial charge in [0.15, 0.2) is 0 Å². The van der Waals surface area contributed by atoms with E-state index in [1.165, 1.54) is 32.1 Å². The molecule has 1 heterocycles. The van der Waals surface area contributed by atoms with Crippen LogP contribution in [0, 0.1) is 0 Å². The Bertz CT molecular complexity index is 362. The largest absolute Gasteiger partial charge is 0.464 e. The predicted octanol–water partition coefficient (Wildman–Crippen LogP) is 3.70. The van der Waals surface area contributed by atoms with Gasteiger partial charge in [-0.05, 0) is 24.9 Å². The van der Waals surface area contributed by atoms with Crippen LogP contribution < -0.4 is 10.1 Å². The molecule has 0 amide bonds. The lowest BCUT2D eigenvalue weighted by molar-refractivity contribution is 0.312. The van der Waals surface area contributed by atoms with E-state index in [-0.39, 0.29) is 11.3 Å². The van der Waals surface area contributed by atoms with Gasteiger partial charge >= 0.3 is 6.01 Å². The van der Waals surface area contributed by atoms with E-state index >= 15 is 0 Å². The lowest BCUT2D eigenvalue weighted by Crippen LogP contribution is -2.08. The van der Waals surface area contributed by atoms with E-state index in [1.807, 2.05) is 6.92 Å². The molecular formula is C13H23ClN4O. The van der Waals surface area contributed by atoms with Crippen LogP contribution in [0.25, 0.3) is 0 Å². The predicted molar refractivity (Wildman–Crippen MR) is 77.9 cm³/mol. The van der Waals surface area contributed by atoms with E-state index in [0.717, 1.165) is 13.0 Å². The molecule has 1 aromatic rings. The highest BCUT2D eigenvalue weighted by molar-refractivity contribution is 6.28. The molecular weight excluding hydrogens is 264 g/mol. The molecule has 0 fully saturated rings. The van der Waals surface area contributed by atoms with Crippen molar-refractivity contribution in [2.24, 2.45) is 0 Å². The zero-order valence-corrected chi connectivity index (χ0v) is 12.5. The second kappa shape index (κ2) is 9.78. The number of nitrogens with one attached hydrogen (secondary N) is 1. The molecule has 0 saturated carbocycles. The van der Waals surface area contributed by atoms with Gasteiger partial charge < -0.3 is 10.1 Å². The molecule has 0 unspecified atom stereocenters. The average Bonchev–Trinajstić information content (AvgIpc) is 2.37. The quantitative estimate of drug-likeness (QED) is 0.665. The first-order valence-electron chi connectivity index (χ1n) is 7.04. The highest BCUT2D eigenvalue weighted by Gasteiger charge is 2.04. The van der Waals surface area contributed by atoms with Crippen LogP contribution in [0.3, 0.4) is 0 Å². The van der Waals surface area contributed by atoms with E-state index in [1.54, 1.807) is 0 Å². The fourth-order valence-corrected chi connectivity index (χ4v) is 1.86. The summed E-state index contributed by atoms with van der Waals surface area (Å²) in [4.78, 5) is 12.0. The summed E-state index contributed by atoms with van der Waals surface area (Å²) >= 11 is 5.80. The SMILES string of the molecule is CCCCCCCCNc1nc(Cl)nc(OCC)n1. The van der Waals surface area contributed by atoms with Gasteiger partial charge in [0.2, 0.25) is 11.2 Å². The van der Waals surface area contributed by atoms with Crippen LogP contribution in [0.15, 0.2) is 0 Å². The van der Waals surface area contributed by atoms with Crippen LogP contribution in [0.2, 0.25) is 5.28 Å². The van der Waals surface area contributed by atoms with Gasteiger partial charge in [-0.1, -0.05) is 39.0 Å². The van der Waals surface area contributed by atoms with E-state index in [9.17, 15) is 0 Å². The minimum absolute atomic E-state index is 0.156. The number of unbranched alkanes of at least 4 members (excludes halogenated alkanes) is 5. The summed E-state index contributed by atoms with van der Waals surface area (Å²) in [5, 5.41) is 3.30. The number of aromatic nitrogens is 3. The third kappa shape index (κ3) is 7.15. The summed E-state index contributed by atoms with van der Waals surface area (Å²) < 4.78 is 5.21. The summed E-state index contributed by atoms with van der Waals surface area (Å²) in [5.41, 5.74) is 0. The molecule has 0 atom stereocenters. The average molecular weight is 287 g/mol. The minimum Gasteiger partial charge on any atom is -0.464 e. The van der Waals surface area contributed by atoms with Crippen LogP contribution in [0.1, 0.15) is 52.4 Å². The van der Waals surface area contributed by atoms with Gasteiger partial charge in [0.1, 0.15) is 0 Å². The lowest BCUT2D eigenvalue weighted by Gasteiger charge is -2.06. The van der Waals surface area contributed by atoms with Gasteiger partial charge in [0.05, 0.1) is 6.61 Å². The molecule has 0 aliphatic heterocycles. The van der Waals surface area contributed by atoms with Crippen molar-refractivity contribution in [1.29, 1.82) is 0 Å². The summed E-state index contributed by atoms with van der Waals surface area (Å²) in [6.07, 6.45) is 7.55. The minimum atomic E-state index is 0.156. The van der Waals surface area contributed by atoms with E-state index in [0.29, 0.717) is 12.6 Å². The summed E-state index contributed by atoms with van der Waals surface area (Å²) in [7, 11) is 0. The highest BCUT2D eigenvalue weighted by Crippen LogP contribution is 2.11. The van der Waals surface area contributed by atoms with E-state index < -0.39 is 0 Å². The third-order valence-electron chi connectivity index (χ3n) is 2.67. The first-order chi connectivity index (χ1) is 9.26. The Labute approximate surface area is 120 Å². The molecule has 0 aliphatic carbocycles. The van der Waals surface area contributed by atoms with E-state index in [2.05, 4.69) is 27.2 Å². The molecule has 108 valence electrons. The fraction of sp³-hybridized carbons (Fsp3) is 0.769. The molecule has 1 rings (SSSR count). The Morgan fingerprint density at radius 3 is 2.47 bits per heavy atom. The van der Waals surface area contributed by atoms with Crippen molar-refractivity contribution >= 4 is 17.5 Å². The van der Waals surface area contributed by atoms with Crippen LogP contribution in [0.4, 0.5) is 5.95 Å². The van der Waals surface area contributed by atoms with E-state index in [4.69, 9.17) is 16.3 Å². The van der Waals surface area contributed by atoms with Gasteiger partial charge in [-0.2, -0.15) is 15.0 Å². The van der Waals surface area contributed by atoms with Crippen molar-refractivity contribution in [3.8, 4) is 6.01 Å². The van der Waals surface area contributed by atoms with Crippen molar-refractivity contribution in [2.45, 2.75) is 52.4 Å². The molecule has 19 heavy (non-hydrogen) atoms. The number of anilines is 1. The van der Waals surface area contributed by atoms with Gasteiger partial charge in [-0.15, -0.1) is 0 Å². The standard InChI is InChI=1S/C13H23ClN4O/c1-3-5-6-7-8-9-10-15-12-16-11(14)17-13(18-12)19-4-2/h3-10H2,1-2H3,(H,15,16,17,18). The topological polar surface area (TPSA) is 59.9 Å². The van der Waals surface area contributed by atoms with Crippen molar-refractivity contribution < 1.29 is 4.74 Å². The number of hydrogen-bond acceptors (Lipinski definition) is 5. The zero-order valence-electron chi connectivity index (χ0n) is 11.8. The second-order valence-corrected chi connectivity index (χ2v) is 4.68.